The number of halogens is 2. The van der Waals surface area contributed by atoms with Crippen molar-refractivity contribution in [3.05, 3.63) is 93.7 Å². The Kier molecular flexibility index (Phi) is 11.9. The molecular formula is C32H35Cl2N5O3S. The summed E-state index contributed by atoms with van der Waals surface area (Å²) in [5.74, 6) is 0.898. The van der Waals surface area contributed by atoms with E-state index in [4.69, 9.17) is 38.8 Å². The molecule has 1 atom stereocenters. The highest BCUT2D eigenvalue weighted by Crippen LogP contribution is 2.35. The van der Waals surface area contributed by atoms with Crippen LogP contribution in [0, 0.1) is 6.92 Å². The maximum atomic E-state index is 12.9. The van der Waals surface area contributed by atoms with Gasteiger partial charge in [-0.3, -0.25) is 14.6 Å². The molecule has 0 aliphatic heterocycles. The highest BCUT2D eigenvalue weighted by atomic mass is 35.5. The Labute approximate surface area is 266 Å². The van der Waals surface area contributed by atoms with Gasteiger partial charge in [0.25, 0.3) is 0 Å². The maximum absolute atomic E-state index is 12.9. The van der Waals surface area contributed by atoms with Crippen molar-refractivity contribution in [3.8, 4) is 22.8 Å². The molecule has 0 saturated heterocycles. The van der Waals surface area contributed by atoms with Crippen LogP contribution in [0.4, 0.5) is 0 Å². The van der Waals surface area contributed by atoms with Crippen LogP contribution in [0.3, 0.4) is 0 Å². The average Bonchev–Trinajstić information content (AvgIpc) is 3.35. The molecule has 0 bridgehead atoms. The Hall–Kier alpha value is -3.53. The summed E-state index contributed by atoms with van der Waals surface area (Å²) in [6.45, 7) is 2.25. The molecule has 0 fully saturated rings. The lowest BCUT2D eigenvalue weighted by Crippen LogP contribution is -2.31. The number of pyridine rings is 1. The van der Waals surface area contributed by atoms with Gasteiger partial charge in [0.2, 0.25) is 17.7 Å². The smallest absolute Gasteiger partial charge is 0.220 e. The standard InChI is InChI=1S/C32H35Cl2N5O3S/c1-21-9-11-22(12-10-21)28(19-29(35)40)37-30(41)8-4-16-42-32-25(7-5-17-43-2)31(23-6-3-15-36-20-23)38-39(32)24-13-14-26(33)27(34)18-24/h3,6,9-15,18,20,28H,4-5,7-8,16-17,19H2,1-2H3,(H2,35,40)(H,37,41). The summed E-state index contributed by atoms with van der Waals surface area (Å²) in [5, 5.41) is 8.74. The fourth-order valence-corrected chi connectivity index (χ4v) is 5.37. The number of aromatic nitrogens is 3. The predicted octanol–water partition coefficient (Wildman–Crippen LogP) is 6.74. The van der Waals surface area contributed by atoms with Crippen LogP contribution in [0.1, 0.15) is 48.4 Å². The number of amides is 2. The molecule has 2 aromatic carbocycles. The molecule has 8 nitrogen and oxygen atoms in total. The predicted molar refractivity (Wildman–Crippen MR) is 174 cm³/mol. The second kappa shape index (κ2) is 15.8. The fraction of sp³-hybridized carbons (Fsp3) is 0.312. The van der Waals surface area contributed by atoms with Gasteiger partial charge in [0.15, 0.2) is 0 Å². The monoisotopic (exact) mass is 639 g/mol. The largest absolute Gasteiger partial charge is 0.477 e. The van der Waals surface area contributed by atoms with Crippen molar-refractivity contribution in [2.75, 3.05) is 18.6 Å². The number of hydrogen-bond acceptors (Lipinski definition) is 6. The van der Waals surface area contributed by atoms with Crippen LogP contribution >= 0.6 is 35.0 Å². The van der Waals surface area contributed by atoms with Crippen LogP contribution in [0.25, 0.3) is 16.9 Å². The zero-order valence-electron chi connectivity index (χ0n) is 24.2. The van der Waals surface area contributed by atoms with Gasteiger partial charge in [0, 0.05) is 29.9 Å². The first-order valence-electron chi connectivity index (χ1n) is 14.0. The average molecular weight is 641 g/mol. The van der Waals surface area contributed by atoms with Crippen molar-refractivity contribution >= 4 is 46.8 Å². The molecule has 2 amide bonds. The fourth-order valence-electron chi connectivity index (χ4n) is 4.65. The highest BCUT2D eigenvalue weighted by molar-refractivity contribution is 7.98. The van der Waals surface area contributed by atoms with Gasteiger partial charge in [0.1, 0.15) is 5.69 Å². The van der Waals surface area contributed by atoms with E-state index in [0.29, 0.717) is 28.0 Å². The van der Waals surface area contributed by atoms with E-state index in [2.05, 4.69) is 16.6 Å². The summed E-state index contributed by atoms with van der Waals surface area (Å²) < 4.78 is 8.12. The second-order valence-electron chi connectivity index (χ2n) is 10.1. The number of nitrogens with one attached hydrogen (secondary N) is 1. The number of nitrogens with zero attached hydrogens (tertiary/aromatic N) is 3. The Balaban J connectivity index is 1.54. The van der Waals surface area contributed by atoms with E-state index in [0.717, 1.165) is 46.5 Å². The van der Waals surface area contributed by atoms with E-state index in [1.807, 2.05) is 49.4 Å². The molecule has 226 valence electrons. The molecule has 0 spiro atoms. The van der Waals surface area contributed by atoms with Gasteiger partial charge >= 0.3 is 0 Å². The van der Waals surface area contributed by atoms with Crippen molar-refractivity contribution in [1.29, 1.82) is 0 Å². The third kappa shape index (κ3) is 8.98. The van der Waals surface area contributed by atoms with Gasteiger partial charge in [-0.05, 0) is 74.1 Å². The molecule has 0 radical (unpaired) electrons. The quantitative estimate of drug-likeness (QED) is 0.139. The number of rotatable bonds is 15. The van der Waals surface area contributed by atoms with Crippen molar-refractivity contribution in [3.63, 3.8) is 0 Å². The van der Waals surface area contributed by atoms with E-state index in [-0.39, 0.29) is 25.4 Å². The topological polar surface area (TPSA) is 112 Å². The minimum Gasteiger partial charge on any atom is -0.477 e. The number of hydrogen-bond donors (Lipinski definition) is 2. The lowest BCUT2D eigenvalue weighted by molar-refractivity contribution is -0.122. The molecule has 0 aliphatic rings. The Morgan fingerprint density at radius 3 is 2.56 bits per heavy atom. The molecule has 1 unspecified atom stereocenters. The summed E-state index contributed by atoms with van der Waals surface area (Å²) in [4.78, 5) is 28.9. The lowest BCUT2D eigenvalue weighted by atomic mass is 10.0. The lowest BCUT2D eigenvalue weighted by Gasteiger charge is -2.18. The summed E-state index contributed by atoms with van der Waals surface area (Å²) in [5.41, 5.74) is 10.7. The number of aryl methyl sites for hydroxylation is 1. The SMILES string of the molecule is CSCCCc1c(-c2cccnc2)nn(-c2ccc(Cl)c(Cl)c2)c1OCCCC(=O)NC(CC(N)=O)c1ccc(C)cc1. The van der Waals surface area contributed by atoms with Crippen molar-refractivity contribution in [2.24, 2.45) is 5.73 Å². The summed E-state index contributed by atoms with van der Waals surface area (Å²) in [7, 11) is 0. The number of thioether (sulfide) groups is 1. The normalized spacial score (nSPS) is 11.7. The first-order valence-corrected chi connectivity index (χ1v) is 16.2. The van der Waals surface area contributed by atoms with Gasteiger partial charge in [-0.1, -0.05) is 53.0 Å². The Morgan fingerprint density at radius 1 is 1.09 bits per heavy atom. The number of carbonyl (C=O) groups excluding carboxylic acids is 2. The molecular weight excluding hydrogens is 605 g/mol. The molecule has 3 N–H and O–H groups in total. The van der Waals surface area contributed by atoms with E-state index >= 15 is 0 Å². The molecule has 0 saturated carbocycles. The van der Waals surface area contributed by atoms with Crippen LogP contribution in [0.5, 0.6) is 5.88 Å². The van der Waals surface area contributed by atoms with Crippen molar-refractivity contribution < 1.29 is 14.3 Å². The second-order valence-corrected chi connectivity index (χ2v) is 11.9. The van der Waals surface area contributed by atoms with E-state index in [1.165, 1.54) is 0 Å². The van der Waals surface area contributed by atoms with Crippen molar-refractivity contribution in [1.82, 2.24) is 20.1 Å². The van der Waals surface area contributed by atoms with E-state index in [9.17, 15) is 9.59 Å². The molecule has 4 aromatic rings. The van der Waals surface area contributed by atoms with E-state index < -0.39 is 11.9 Å². The van der Waals surface area contributed by atoms with Gasteiger partial charge in [-0.2, -0.15) is 16.9 Å². The van der Waals surface area contributed by atoms with Crippen LogP contribution < -0.4 is 15.8 Å². The minimum absolute atomic E-state index is 0.0185. The highest BCUT2D eigenvalue weighted by Gasteiger charge is 2.23. The van der Waals surface area contributed by atoms with Crippen LogP contribution in [0.15, 0.2) is 67.0 Å². The zero-order chi connectivity index (χ0) is 30.8. The van der Waals surface area contributed by atoms with Crippen LogP contribution in [0.2, 0.25) is 10.0 Å². The molecule has 0 aliphatic carbocycles. The first-order chi connectivity index (χ1) is 20.8. The van der Waals surface area contributed by atoms with Gasteiger partial charge < -0.3 is 15.8 Å². The van der Waals surface area contributed by atoms with Gasteiger partial charge in [-0.25, -0.2) is 4.68 Å². The van der Waals surface area contributed by atoms with Gasteiger partial charge in [-0.15, -0.1) is 0 Å². The number of benzene rings is 2. The summed E-state index contributed by atoms with van der Waals surface area (Å²) >= 11 is 14.3. The number of nitrogens with two attached hydrogens (primary N) is 1. The maximum Gasteiger partial charge on any atom is 0.220 e. The first kappa shape index (κ1) is 32.4. The number of ether oxygens (including phenoxy) is 1. The summed E-state index contributed by atoms with van der Waals surface area (Å²) in [6, 6.07) is 16.3. The Morgan fingerprint density at radius 2 is 1.88 bits per heavy atom. The molecule has 2 aromatic heterocycles. The molecule has 43 heavy (non-hydrogen) atoms. The number of primary amides is 1. The third-order valence-corrected chi connectivity index (χ3v) is 8.24. The minimum atomic E-state index is -0.493. The molecule has 2 heterocycles. The van der Waals surface area contributed by atoms with Gasteiger partial charge in [0.05, 0.1) is 34.8 Å². The molecule has 4 rings (SSSR count). The van der Waals surface area contributed by atoms with Crippen molar-refractivity contribution in [2.45, 2.75) is 45.1 Å². The van der Waals surface area contributed by atoms with Crippen LogP contribution in [-0.4, -0.2) is 45.2 Å². The third-order valence-electron chi connectivity index (χ3n) is 6.80. The Bertz CT molecular complexity index is 1530. The summed E-state index contributed by atoms with van der Waals surface area (Å²) in [6.07, 6.45) is 7.93. The van der Waals surface area contributed by atoms with Crippen LogP contribution in [-0.2, 0) is 16.0 Å². The zero-order valence-corrected chi connectivity index (χ0v) is 26.5. The number of carbonyl (C=O) groups is 2. The molecule has 11 heteroatoms. The van der Waals surface area contributed by atoms with E-state index in [1.54, 1.807) is 41.0 Å².